The molecule has 0 aromatic carbocycles. The number of nitrogens with zero attached hydrogens (tertiary/aromatic N) is 4. The van der Waals surface area contributed by atoms with Gasteiger partial charge in [0, 0.05) is 43.5 Å². The third-order valence-electron chi connectivity index (χ3n) is 4.15. The van der Waals surface area contributed by atoms with E-state index in [1.807, 2.05) is 25.1 Å². The molecule has 0 radical (unpaired) electrons. The quantitative estimate of drug-likeness (QED) is 0.934. The van der Waals surface area contributed by atoms with Crippen LogP contribution in [0.4, 0.5) is 5.82 Å². The Hall–Kier alpha value is -2.50. The summed E-state index contributed by atoms with van der Waals surface area (Å²) >= 11 is 0. The maximum Gasteiger partial charge on any atom is 0.308 e. The Labute approximate surface area is 135 Å². The number of hydrogen-bond donors (Lipinski definition) is 1. The van der Waals surface area contributed by atoms with Crippen LogP contribution < -0.4 is 4.90 Å². The fourth-order valence-electron chi connectivity index (χ4n) is 2.86. The summed E-state index contributed by atoms with van der Waals surface area (Å²) in [5, 5.41) is 9.27. The lowest BCUT2D eigenvalue weighted by Gasteiger charge is -2.32. The van der Waals surface area contributed by atoms with E-state index in [2.05, 4.69) is 19.9 Å². The number of aliphatic carboxylic acids is 1. The predicted molar refractivity (Wildman–Crippen MR) is 87.2 cm³/mol. The van der Waals surface area contributed by atoms with Gasteiger partial charge < -0.3 is 10.0 Å². The van der Waals surface area contributed by atoms with Crippen molar-refractivity contribution in [3.05, 3.63) is 36.4 Å². The van der Waals surface area contributed by atoms with Gasteiger partial charge in [-0.2, -0.15) is 0 Å². The van der Waals surface area contributed by atoms with Gasteiger partial charge in [0.1, 0.15) is 11.6 Å². The van der Waals surface area contributed by atoms with Crippen LogP contribution in [0.2, 0.25) is 0 Å². The first-order valence-corrected chi connectivity index (χ1v) is 7.93. The normalized spacial score (nSPS) is 18.0. The lowest BCUT2D eigenvalue weighted by Crippen LogP contribution is -2.39. The number of rotatable bonds is 4. The van der Waals surface area contributed by atoms with Crippen LogP contribution in [0.3, 0.4) is 0 Å². The number of piperidine rings is 1. The third-order valence-corrected chi connectivity index (χ3v) is 4.15. The summed E-state index contributed by atoms with van der Waals surface area (Å²) in [5.41, 5.74) is 1.84. The molecule has 3 rings (SSSR count). The second-order valence-electron chi connectivity index (χ2n) is 5.74. The van der Waals surface area contributed by atoms with Crippen LogP contribution >= 0.6 is 0 Å². The number of carbonyl (C=O) groups is 1. The van der Waals surface area contributed by atoms with Crippen molar-refractivity contribution in [1.29, 1.82) is 0 Å². The van der Waals surface area contributed by atoms with Crippen LogP contribution in [-0.2, 0) is 11.2 Å². The van der Waals surface area contributed by atoms with Crippen LogP contribution in [0, 0.1) is 5.92 Å². The molecule has 23 heavy (non-hydrogen) atoms. The molecule has 3 heterocycles. The molecule has 0 spiro atoms. The standard InChI is InChI=1S/C17H20N4O2/c1-2-15-19-14(12-5-7-18-8-6-12)10-16(20-15)21-9-3-4-13(11-21)17(22)23/h5-8,10,13H,2-4,9,11H2,1H3,(H,22,23). The van der Waals surface area contributed by atoms with E-state index in [-0.39, 0.29) is 5.92 Å². The molecule has 0 saturated carbocycles. The Morgan fingerprint density at radius 3 is 2.83 bits per heavy atom. The highest BCUT2D eigenvalue weighted by Crippen LogP contribution is 2.26. The number of hydrogen-bond acceptors (Lipinski definition) is 5. The van der Waals surface area contributed by atoms with E-state index in [1.54, 1.807) is 12.4 Å². The molecule has 6 nitrogen and oxygen atoms in total. The van der Waals surface area contributed by atoms with Gasteiger partial charge in [0.25, 0.3) is 0 Å². The average Bonchev–Trinajstić information content (AvgIpc) is 2.62. The zero-order valence-corrected chi connectivity index (χ0v) is 13.1. The first kappa shape index (κ1) is 15.4. The third kappa shape index (κ3) is 3.47. The highest BCUT2D eigenvalue weighted by molar-refractivity contribution is 5.71. The van der Waals surface area contributed by atoms with Crippen molar-refractivity contribution in [3.63, 3.8) is 0 Å². The van der Waals surface area contributed by atoms with Gasteiger partial charge >= 0.3 is 5.97 Å². The number of carboxylic acids is 1. The van der Waals surface area contributed by atoms with Crippen LogP contribution in [0.1, 0.15) is 25.6 Å². The molecular formula is C17H20N4O2. The van der Waals surface area contributed by atoms with Gasteiger partial charge in [0.15, 0.2) is 0 Å². The molecule has 0 amide bonds. The molecule has 1 unspecified atom stereocenters. The zero-order valence-electron chi connectivity index (χ0n) is 13.1. The molecule has 0 bridgehead atoms. The van der Waals surface area contributed by atoms with Crippen LogP contribution in [0.15, 0.2) is 30.6 Å². The van der Waals surface area contributed by atoms with Crippen LogP contribution in [0.25, 0.3) is 11.3 Å². The smallest absolute Gasteiger partial charge is 0.308 e. The molecule has 1 fully saturated rings. The molecule has 1 saturated heterocycles. The highest BCUT2D eigenvalue weighted by atomic mass is 16.4. The number of aryl methyl sites for hydroxylation is 1. The lowest BCUT2D eigenvalue weighted by molar-refractivity contribution is -0.141. The van der Waals surface area contributed by atoms with E-state index in [0.29, 0.717) is 6.54 Å². The fraction of sp³-hybridized carbons (Fsp3) is 0.412. The number of carboxylic acid groups (broad SMARTS) is 1. The molecule has 0 aliphatic carbocycles. The Morgan fingerprint density at radius 2 is 2.13 bits per heavy atom. The minimum atomic E-state index is -0.728. The van der Waals surface area contributed by atoms with Gasteiger partial charge in [-0.25, -0.2) is 9.97 Å². The predicted octanol–water partition coefficient (Wildman–Crippen LogP) is 2.40. The van der Waals surface area contributed by atoms with Gasteiger partial charge in [0.2, 0.25) is 0 Å². The van der Waals surface area contributed by atoms with Crippen molar-refractivity contribution >= 4 is 11.8 Å². The molecule has 120 valence electrons. The van der Waals surface area contributed by atoms with E-state index in [0.717, 1.165) is 48.7 Å². The Morgan fingerprint density at radius 1 is 1.35 bits per heavy atom. The number of anilines is 1. The highest BCUT2D eigenvalue weighted by Gasteiger charge is 2.26. The van der Waals surface area contributed by atoms with E-state index in [9.17, 15) is 9.90 Å². The summed E-state index contributed by atoms with van der Waals surface area (Å²) in [7, 11) is 0. The monoisotopic (exact) mass is 312 g/mol. The minimum Gasteiger partial charge on any atom is -0.481 e. The minimum absolute atomic E-state index is 0.326. The zero-order chi connectivity index (χ0) is 16.2. The molecule has 1 atom stereocenters. The molecule has 2 aromatic heterocycles. The Balaban J connectivity index is 1.94. The van der Waals surface area contributed by atoms with Gasteiger partial charge in [-0.1, -0.05) is 6.92 Å². The summed E-state index contributed by atoms with van der Waals surface area (Å²) in [5.74, 6) is 0.531. The van der Waals surface area contributed by atoms with Gasteiger partial charge in [0.05, 0.1) is 11.6 Å². The summed E-state index contributed by atoms with van der Waals surface area (Å²) in [6.45, 7) is 3.36. The molecule has 6 heteroatoms. The first-order valence-electron chi connectivity index (χ1n) is 7.93. The van der Waals surface area contributed by atoms with Gasteiger partial charge in [-0.3, -0.25) is 9.78 Å². The fourth-order valence-corrected chi connectivity index (χ4v) is 2.86. The summed E-state index contributed by atoms with van der Waals surface area (Å²) in [4.78, 5) is 26.6. The first-order chi connectivity index (χ1) is 11.2. The van der Waals surface area contributed by atoms with Crippen molar-refractivity contribution in [2.24, 2.45) is 5.92 Å². The second-order valence-corrected chi connectivity index (χ2v) is 5.74. The lowest BCUT2D eigenvalue weighted by atomic mass is 9.98. The number of aromatic nitrogens is 3. The molecule has 1 N–H and O–H groups in total. The molecule has 2 aromatic rings. The molecular weight excluding hydrogens is 292 g/mol. The van der Waals surface area contributed by atoms with E-state index < -0.39 is 5.97 Å². The van der Waals surface area contributed by atoms with Gasteiger partial charge in [-0.15, -0.1) is 0 Å². The van der Waals surface area contributed by atoms with Crippen molar-refractivity contribution in [2.45, 2.75) is 26.2 Å². The summed E-state index contributed by atoms with van der Waals surface area (Å²) < 4.78 is 0. The van der Waals surface area contributed by atoms with Crippen LogP contribution in [0.5, 0.6) is 0 Å². The maximum atomic E-state index is 11.3. The largest absolute Gasteiger partial charge is 0.481 e. The van der Waals surface area contributed by atoms with Crippen LogP contribution in [-0.4, -0.2) is 39.1 Å². The number of pyridine rings is 1. The molecule has 1 aliphatic rings. The van der Waals surface area contributed by atoms with Crippen molar-refractivity contribution in [1.82, 2.24) is 15.0 Å². The SMILES string of the molecule is CCc1nc(-c2ccncc2)cc(N2CCCC(C(=O)O)C2)n1. The van der Waals surface area contributed by atoms with E-state index in [1.165, 1.54) is 0 Å². The second kappa shape index (κ2) is 6.73. The van der Waals surface area contributed by atoms with E-state index >= 15 is 0 Å². The van der Waals surface area contributed by atoms with Crippen molar-refractivity contribution in [2.75, 3.05) is 18.0 Å². The summed E-state index contributed by atoms with van der Waals surface area (Å²) in [6, 6.07) is 5.78. The van der Waals surface area contributed by atoms with Gasteiger partial charge in [-0.05, 0) is 25.0 Å². The van der Waals surface area contributed by atoms with E-state index in [4.69, 9.17) is 0 Å². The van der Waals surface area contributed by atoms with Crippen molar-refractivity contribution in [3.8, 4) is 11.3 Å². The van der Waals surface area contributed by atoms with Crippen molar-refractivity contribution < 1.29 is 9.90 Å². The Kier molecular flexibility index (Phi) is 4.50. The maximum absolute atomic E-state index is 11.3. The Bertz CT molecular complexity index is 690. The average molecular weight is 312 g/mol. The molecule has 1 aliphatic heterocycles. The topological polar surface area (TPSA) is 79.2 Å². The summed E-state index contributed by atoms with van der Waals surface area (Å²) in [6.07, 6.45) is 5.82.